The van der Waals surface area contributed by atoms with Crippen molar-refractivity contribution in [2.45, 2.75) is 11.3 Å². The van der Waals surface area contributed by atoms with Crippen molar-refractivity contribution in [2.24, 2.45) is 5.14 Å². The monoisotopic (exact) mass is 307 g/mol. The van der Waals surface area contributed by atoms with Gasteiger partial charge in [0.15, 0.2) is 0 Å². The number of para-hydroxylation sites is 1. The number of carbonyl (C=O) groups is 1. The molecule has 0 radical (unpaired) electrons. The molecule has 0 aliphatic heterocycles. The van der Waals surface area contributed by atoms with Crippen LogP contribution in [0, 0.1) is 0 Å². The molecule has 0 aromatic heterocycles. The molecule has 0 aliphatic carbocycles. The van der Waals surface area contributed by atoms with E-state index in [1.807, 2.05) is 0 Å². The first-order valence-corrected chi connectivity index (χ1v) is 7.51. The van der Waals surface area contributed by atoms with Crippen molar-refractivity contribution >= 4 is 16.0 Å². The van der Waals surface area contributed by atoms with Crippen molar-refractivity contribution in [2.75, 3.05) is 0 Å². The lowest BCUT2D eigenvalue weighted by Gasteiger charge is -2.10. The number of hydrogen-bond acceptors (Lipinski definition) is 4. The van der Waals surface area contributed by atoms with E-state index in [0.29, 0.717) is 11.3 Å². The van der Waals surface area contributed by atoms with Gasteiger partial charge in [0, 0.05) is 0 Å². The van der Waals surface area contributed by atoms with Crippen LogP contribution in [-0.4, -0.2) is 19.5 Å². The van der Waals surface area contributed by atoms with Gasteiger partial charge in [-0.15, -0.1) is 0 Å². The number of aliphatic carboxylic acids is 1. The summed E-state index contributed by atoms with van der Waals surface area (Å²) in [6.07, 6.45) is -0.145. The third-order valence-corrected chi connectivity index (χ3v) is 3.59. The first kappa shape index (κ1) is 15.0. The first-order valence-electron chi connectivity index (χ1n) is 5.96. The Hall–Kier alpha value is -2.38. The van der Waals surface area contributed by atoms with Crippen LogP contribution in [0.5, 0.6) is 11.5 Å². The fourth-order valence-electron chi connectivity index (χ4n) is 1.79. The topological polar surface area (TPSA) is 107 Å². The Kier molecular flexibility index (Phi) is 4.25. The molecule has 0 fully saturated rings. The molecule has 0 bridgehead atoms. The highest BCUT2D eigenvalue weighted by molar-refractivity contribution is 7.89. The van der Waals surface area contributed by atoms with E-state index in [9.17, 15) is 13.2 Å². The van der Waals surface area contributed by atoms with E-state index in [1.165, 1.54) is 24.3 Å². The Morgan fingerprint density at radius 2 is 1.86 bits per heavy atom. The van der Waals surface area contributed by atoms with Crippen LogP contribution >= 0.6 is 0 Å². The molecule has 0 saturated heterocycles. The van der Waals surface area contributed by atoms with Gasteiger partial charge >= 0.3 is 5.97 Å². The Labute approximate surface area is 121 Å². The van der Waals surface area contributed by atoms with Crippen LogP contribution in [0.25, 0.3) is 0 Å². The van der Waals surface area contributed by atoms with Crippen LogP contribution in [-0.2, 0) is 21.2 Å². The molecule has 0 aliphatic rings. The molecule has 0 spiro atoms. The molecule has 0 atom stereocenters. The predicted molar refractivity (Wildman–Crippen MR) is 75.7 cm³/mol. The van der Waals surface area contributed by atoms with E-state index >= 15 is 0 Å². The summed E-state index contributed by atoms with van der Waals surface area (Å²) in [6.45, 7) is 0. The van der Waals surface area contributed by atoms with Gasteiger partial charge in [0.1, 0.15) is 16.4 Å². The van der Waals surface area contributed by atoms with Gasteiger partial charge in [-0.25, -0.2) is 13.6 Å². The molecule has 2 rings (SSSR count). The fourth-order valence-corrected chi connectivity index (χ4v) is 2.45. The normalized spacial score (nSPS) is 11.1. The van der Waals surface area contributed by atoms with Gasteiger partial charge in [0.25, 0.3) is 0 Å². The molecule has 7 heteroatoms. The van der Waals surface area contributed by atoms with E-state index in [2.05, 4.69) is 0 Å². The standard InChI is InChI=1S/C14H13NO5S/c15-21(18,19)13-7-2-1-6-12(13)20-11-5-3-4-10(8-11)9-14(16)17/h1-8H,9H2,(H,16,17)(H2,15,18,19). The fraction of sp³-hybridized carbons (Fsp3) is 0.0714. The van der Waals surface area contributed by atoms with E-state index in [0.717, 1.165) is 0 Å². The largest absolute Gasteiger partial charge is 0.481 e. The number of nitrogens with two attached hydrogens (primary N) is 1. The van der Waals surface area contributed by atoms with E-state index < -0.39 is 16.0 Å². The maximum atomic E-state index is 11.5. The zero-order chi connectivity index (χ0) is 15.5. The van der Waals surface area contributed by atoms with Gasteiger partial charge in [-0.3, -0.25) is 4.79 Å². The number of carboxylic acids is 1. The van der Waals surface area contributed by atoms with Crippen LogP contribution in [0.15, 0.2) is 53.4 Å². The molecule has 0 saturated carbocycles. The number of primary sulfonamides is 1. The van der Waals surface area contributed by atoms with Gasteiger partial charge in [0.05, 0.1) is 6.42 Å². The average molecular weight is 307 g/mol. The third kappa shape index (κ3) is 4.04. The number of benzene rings is 2. The second kappa shape index (κ2) is 5.94. The molecular weight excluding hydrogens is 294 g/mol. The summed E-state index contributed by atoms with van der Waals surface area (Å²) >= 11 is 0. The lowest BCUT2D eigenvalue weighted by atomic mass is 10.1. The number of ether oxygens (including phenoxy) is 1. The number of sulfonamides is 1. The molecule has 2 aromatic carbocycles. The zero-order valence-electron chi connectivity index (χ0n) is 10.9. The second-order valence-electron chi connectivity index (χ2n) is 4.31. The summed E-state index contributed by atoms with van der Waals surface area (Å²) in [7, 11) is -3.90. The van der Waals surface area contributed by atoms with Crippen molar-refractivity contribution in [3.8, 4) is 11.5 Å². The summed E-state index contributed by atoms with van der Waals surface area (Å²) in [5, 5.41) is 13.9. The van der Waals surface area contributed by atoms with Crippen LogP contribution < -0.4 is 9.88 Å². The van der Waals surface area contributed by atoms with Crippen LogP contribution in [0.4, 0.5) is 0 Å². The molecule has 0 amide bonds. The molecule has 3 N–H and O–H groups in total. The number of hydrogen-bond donors (Lipinski definition) is 2. The molecule has 110 valence electrons. The minimum absolute atomic E-state index is 0.0903. The highest BCUT2D eigenvalue weighted by Gasteiger charge is 2.15. The van der Waals surface area contributed by atoms with Crippen LogP contribution in [0.1, 0.15) is 5.56 Å². The Morgan fingerprint density at radius 1 is 1.14 bits per heavy atom. The van der Waals surface area contributed by atoms with Crippen molar-refractivity contribution in [3.05, 3.63) is 54.1 Å². The molecule has 2 aromatic rings. The predicted octanol–water partition coefficient (Wildman–Crippen LogP) is 1.75. The molecule has 0 heterocycles. The van der Waals surface area contributed by atoms with Crippen molar-refractivity contribution in [1.29, 1.82) is 0 Å². The maximum Gasteiger partial charge on any atom is 0.307 e. The average Bonchev–Trinajstić information content (AvgIpc) is 2.37. The maximum absolute atomic E-state index is 11.5. The minimum Gasteiger partial charge on any atom is -0.481 e. The third-order valence-electron chi connectivity index (χ3n) is 2.64. The molecule has 6 nitrogen and oxygen atoms in total. The first-order chi connectivity index (χ1) is 9.86. The molecule has 0 unspecified atom stereocenters. The Balaban J connectivity index is 2.33. The van der Waals surface area contributed by atoms with Crippen LogP contribution in [0.2, 0.25) is 0 Å². The van der Waals surface area contributed by atoms with E-state index in [1.54, 1.807) is 24.3 Å². The molecular formula is C14H13NO5S. The van der Waals surface area contributed by atoms with E-state index in [-0.39, 0.29) is 17.1 Å². The SMILES string of the molecule is NS(=O)(=O)c1ccccc1Oc1cccc(CC(=O)O)c1. The van der Waals surface area contributed by atoms with Crippen molar-refractivity contribution in [3.63, 3.8) is 0 Å². The summed E-state index contributed by atoms with van der Waals surface area (Å²) in [5.41, 5.74) is 0.549. The summed E-state index contributed by atoms with van der Waals surface area (Å²) in [6, 6.07) is 12.4. The van der Waals surface area contributed by atoms with Gasteiger partial charge in [-0.05, 0) is 29.8 Å². The highest BCUT2D eigenvalue weighted by atomic mass is 32.2. The summed E-state index contributed by atoms with van der Waals surface area (Å²) in [5.74, 6) is -0.533. The van der Waals surface area contributed by atoms with Gasteiger partial charge in [-0.2, -0.15) is 0 Å². The summed E-state index contributed by atoms with van der Waals surface area (Å²) < 4.78 is 28.5. The second-order valence-corrected chi connectivity index (χ2v) is 5.84. The van der Waals surface area contributed by atoms with Crippen molar-refractivity contribution in [1.82, 2.24) is 0 Å². The molecule has 21 heavy (non-hydrogen) atoms. The Bertz CT molecular complexity index is 770. The Morgan fingerprint density at radius 3 is 2.52 bits per heavy atom. The van der Waals surface area contributed by atoms with E-state index in [4.69, 9.17) is 15.0 Å². The van der Waals surface area contributed by atoms with Gasteiger partial charge in [-0.1, -0.05) is 24.3 Å². The number of rotatable bonds is 5. The quantitative estimate of drug-likeness (QED) is 0.875. The summed E-state index contributed by atoms with van der Waals surface area (Å²) in [4.78, 5) is 10.6. The lowest BCUT2D eigenvalue weighted by molar-refractivity contribution is -0.136. The van der Waals surface area contributed by atoms with Gasteiger partial charge in [0.2, 0.25) is 10.0 Å². The van der Waals surface area contributed by atoms with Gasteiger partial charge < -0.3 is 9.84 Å². The van der Waals surface area contributed by atoms with Crippen LogP contribution in [0.3, 0.4) is 0 Å². The number of carboxylic acid groups (broad SMARTS) is 1. The minimum atomic E-state index is -3.90. The smallest absolute Gasteiger partial charge is 0.307 e. The van der Waals surface area contributed by atoms with Crippen molar-refractivity contribution < 1.29 is 23.1 Å². The highest BCUT2D eigenvalue weighted by Crippen LogP contribution is 2.28. The lowest BCUT2D eigenvalue weighted by Crippen LogP contribution is -2.13. The zero-order valence-corrected chi connectivity index (χ0v) is 11.7.